The Morgan fingerprint density at radius 3 is 2.17 bits per heavy atom. The fraction of sp³-hybridized carbons (Fsp3) is 0.353. The third-order valence-electron chi connectivity index (χ3n) is 7.05. The summed E-state index contributed by atoms with van der Waals surface area (Å²) >= 11 is 6.32. The highest BCUT2D eigenvalue weighted by Gasteiger charge is 2.18. The molecule has 242 valence electrons. The van der Waals surface area contributed by atoms with Gasteiger partial charge in [0, 0.05) is 29.9 Å². The van der Waals surface area contributed by atoms with Crippen molar-refractivity contribution in [2.45, 2.75) is 27.7 Å². The van der Waals surface area contributed by atoms with Gasteiger partial charge in [-0.3, -0.25) is 19.5 Å². The van der Waals surface area contributed by atoms with Crippen molar-refractivity contribution in [2.75, 3.05) is 58.5 Å². The zero-order valence-corrected chi connectivity index (χ0v) is 27.3. The van der Waals surface area contributed by atoms with Crippen molar-refractivity contribution in [1.82, 2.24) is 9.88 Å². The number of hydrogen-bond acceptors (Lipinski definition) is 11. The Morgan fingerprint density at radius 1 is 0.913 bits per heavy atom. The fourth-order valence-corrected chi connectivity index (χ4v) is 5.20. The van der Waals surface area contributed by atoms with Gasteiger partial charge in [0.15, 0.2) is 11.5 Å². The van der Waals surface area contributed by atoms with E-state index in [-0.39, 0.29) is 39.5 Å². The number of aromatic nitrogens is 1. The number of esters is 2. The normalized spacial score (nSPS) is 10.9. The number of methoxy groups -OCH3 is 1. The number of halogens is 1. The molecule has 46 heavy (non-hydrogen) atoms. The Kier molecular flexibility index (Phi) is 11.8. The molecule has 1 aromatic heterocycles. The second-order valence-electron chi connectivity index (χ2n) is 10.2. The van der Waals surface area contributed by atoms with Gasteiger partial charge >= 0.3 is 11.9 Å². The lowest BCUT2D eigenvalue weighted by molar-refractivity contribution is -0.148. The molecule has 4 rings (SSSR count). The van der Waals surface area contributed by atoms with Crippen LogP contribution in [-0.2, 0) is 19.1 Å². The lowest BCUT2D eigenvalue weighted by Gasteiger charge is -2.21. The second-order valence-corrected chi connectivity index (χ2v) is 10.6. The van der Waals surface area contributed by atoms with Crippen molar-refractivity contribution in [2.24, 2.45) is 0 Å². The molecule has 0 amide bonds. The standard InChI is InChI=1S/C34H37ClN4O7/c1-6-43-30-15-23-13-28-25(34(24(17-36)18-37-28)38-27-16-29(42-5)26(35)11-21(27)4)12-22(23)14-31(30)46-10-9-39(19-32(40)44-7-2)20-33(41)45-8-3/h11-16,18H,6-10,19-20H2,1-5H3,(H,37,38). The molecule has 1 N–H and O–H groups in total. The smallest absolute Gasteiger partial charge is 0.320 e. The predicted molar refractivity (Wildman–Crippen MR) is 176 cm³/mol. The molecule has 12 heteroatoms. The van der Waals surface area contributed by atoms with Crippen LogP contribution in [0.4, 0.5) is 11.4 Å². The van der Waals surface area contributed by atoms with E-state index in [2.05, 4.69) is 16.4 Å². The Labute approximate surface area is 272 Å². The third kappa shape index (κ3) is 8.27. The Morgan fingerprint density at radius 2 is 1.57 bits per heavy atom. The molecule has 0 atom stereocenters. The summed E-state index contributed by atoms with van der Waals surface area (Å²) in [6, 6.07) is 13.4. The monoisotopic (exact) mass is 648 g/mol. The summed E-state index contributed by atoms with van der Waals surface area (Å²) in [7, 11) is 1.55. The van der Waals surface area contributed by atoms with Gasteiger partial charge in [-0.1, -0.05) is 11.6 Å². The SMILES string of the molecule is CCOC(=O)CN(CCOc1cc2cc3c(Nc4cc(OC)c(Cl)cc4C)c(C#N)cnc3cc2cc1OCC)CC(=O)OCC. The quantitative estimate of drug-likeness (QED) is 0.117. The average molecular weight is 649 g/mol. The Balaban J connectivity index is 1.69. The van der Waals surface area contributed by atoms with E-state index in [0.717, 1.165) is 27.4 Å². The van der Waals surface area contributed by atoms with Crippen LogP contribution < -0.4 is 19.5 Å². The first kappa shape index (κ1) is 34.1. The van der Waals surface area contributed by atoms with E-state index in [1.54, 1.807) is 38.0 Å². The van der Waals surface area contributed by atoms with Gasteiger partial charge in [0.2, 0.25) is 0 Å². The molecule has 0 unspecified atom stereocenters. The van der Waals surface area contributed by atoms with Crippen molar-refractivity contribution in [3.05, 3.63) is 58.7 Å². The molecule has 0 radical (unpaired) electrons. The van der Waals surface area contributed by atoms with E-state index in [4.69, 9.17) is 35.3 Å². The number of nitrogens with one attached hydrogen (secondary N) is 1. The van der Waals surface area contributed by atoms with Crippen LogP contribution in [0.1, 0.15) is 31.9 Å². The molecule has 0 aliphatic rings. The van der Waals surface area contributed by atoms with E-state index in [9.17, 15) is 14.9 Å². The van der Waals surface area contributed by atoms with Crippen molar-refractivity contribution in [3.63, 3.8) is 0 Å². The number of carbonyl (C=O) groups excluding carboxylic acids is 2. The predicted octanol–water partition coefficient (Wildman–Crippen LogP) is 6.18. The minimum atomic E-state index is -0.443. The van der Waals surface area contributed by atoms with Gasteiger partial charge in [0.05, 0.1) is 61.8 Å². The topological polar surface area (TPSA) is 132 Å². The molecular formula is C34H37ClN4O7. The van der Waals surface area contributed by atoms with Crippen LogP contribution in [0.25, 0.3) is 21.7 Å². The number of pyridine rings is 1. The van der Waals surface area contributed by atoms with Gasteiger partial charge in [0.1, 0.15) is 18.4 Å². The number of aryl methyl sites for hydroxylation is 1. The van der Waals surface area contributed by atoms with Gasteiger partial charge < -0.3 is 29.0 Å². The number of fused-ring (bicyclic) bond motifs is 2. The lowest BCUT2D eigenvalue weighted by Crippen LogP contribution is -2.38. The summed E-state index contributed by atoms with van der Waals surface area (Å²) in [6.07, 6.45) is 1.54. The minimum Gasteiger partial charge on any atom is -0.495 e. The van der Waals surface area contributed by atoms with Crippen molar-refractivity contribution >= 4 is 56.6 Å². The summed E-state index contributed by atoms with van der Waals surface area (Å²) in [5, 5.41) is 16.3. The van der Waals surface area contributed by atoms with E-state index < -0.39 is 11.9 Å². The number of benzene rings is 3. The summed E-state index contributed by atoms with van der Waals surface area (Å²) in [5.41, 5.74) is 3.24. The fourth-order valence-electron chi connectivity index (χ4n) is 4.90. The molecule has 11 nitrogen and oxygen atoms in total. The average Bonchev–Trinajstić information content (AvgIpc) is 3.02. The van der Waals surface area contributed by atoms with E-state index in [1.807, 2.05) is 38.1 Å². The highest BCUT2D eigenvalue weighted by Crippen LogP contribution is 2.39. The summed E-state index contributed by atoms with van der Waals surface area (Å²) < 4.78 is 27.6. The summed E-state index contributed by atoms with van der Waals surface area (Å²) in [6.45, 7) is 8.38. The molecule has 0 saturated carbocycles. The van der Waals surface area contributed by atoms with Crippen LogP contribution in [0.5, 0.6) is 17.2 Å². The zero-order chi connectivity index (χ0) is 33.2. The number of carbonyl (C=O) groups is 2. The van der Waals surface area contributed by atoms with E-state index >= 15 is 0 Å². The number of hydrogen-bond donors (Lipinski definition) is 1. The number of nitrogens with zero attached hydrogens (tertiary/aromatic N) is 3. The first-order valence-electron chi connectivity index (χ1n) is 14.9. The van der Waals surface area contributed by atoms with Gasteiger partial charge in [-0.05, 0) is 74.4 Å². The van der Waals surface area contributed by atoms with Crippen LogP contribution >= 0.6 is 11.6 Å². The summed E-state index contributed by atoms with van der Waals surface area (Å²) in [5.74, 6) is 0.638. The largest absolute Gasteiger partial charge is 0.495 e. The zero-order valence-electron chi connectivity index (χ0n) is 26.6. The van der Waals surface area contributed by atoms with Crippen LogP contribution in [0.3, 0.4) is 0 Å². The minimum absolute atomic E-state index is 0.0823. The number of nitriles is 1. The van der Waals surface area contributed by atoms with E-state index in [0.29, 0.717) is 45.6 Å². The number of anilines is 2. The van der Waals surface area contributed by atoms with Crippen LogP contribution in [0.2, 0.25) is 5.02 Å². The van der Waals surface area contributed by atoms with Gasteiger partial charge in [-0.15, -0.1) is 0 Å². The molecule has 0 bridgehead atoms. The highest BCUT2D eigenvalue weighted by atomic mass is 35.5. The first-order valence-corrected chi connectivity index (χ1v) is 15.3. The maximum Gasteiger partial charge on any atom is 0.320 e. The molecule has 4 aromatic rings. The molecule has 0 fully saturated rings. The van der Waals surface area contributed by atoms with Crippen molar-refractivity contribution < 1.29 is 33.3 Å². The summed E-state index contributed by atoms with van der Waals surface area (Å²) in [4.78, 5) is 30.5. The van der Waals surface area contributed by atoms with Crippen molar-refractivity contribution in [3.8, 4) is 23.3 Å². The Hall–Kier alpha value is -4.79. The molecule has 1 heterocycles. The lowest BCUT2D eigenvalue weighted by atomic mass is 10.0. The molecule has 3 aromatic carbocycles. The van der Waals surface area contributed by atoms with Crippen molar-refractivity contribution in [1.29, 1.82) is 5.26 Å². The molecule has 0 saturated heterocycles. The van der Waals surface area contributed by atoms with Gasteiger partial charge in [-0.2, -0.15) is 5.26 Å². The highest BCUT2D eigenvalue weighted by molar-refractivity contribution is 6.32. The van der Waals surface area contributed by atoms with Crippen LogP contribution in [0.15, 0.2) is 42.6 Å². The molecular weight excluding hydrogens is 612 g/mol. The maximum atomic E-state index is 12.2. The van der Waals surface area contributed by atoms with Crippen LogP contribution in [-0.4, -0.2) is 75.0 Å². The number of ether oxygens (including phenoxy) is 5. The molecule has 0 aliphatic heterocycles. The maximum absolute atomic E-state index is 12.2. The van der Waals surface area contributed by atoms with Gasteiger partial charge in [0.25, 0.3) is 0 Å². The van der Waals surface area contributed by atoms with Gasteiger partial charge in [-0.25, -0.2) is 0 Å². The first-order chi connectivity index (χ1) is 22.2. The molecule has 0 spiro atoms. The van der Waals surface area contributed by atoms with Crippen LogP contribution in [0, 0.1) is 18.3 Å². The Bertz CT molecular complexity index is 1750. The molecule has 0 aliphatic carbocycles. The second kappa shape index (κ2) is 16.0. The number of rotatable bonds is 15. The third-order valence-corrected chi connectivity index (χ3v) is 7.34. The van der Waals surface area contributed by atoms with E-state index in [1.165, 1.54) is 6.20 Å².